The smallest absolute Gasteiger partial charge is 0.253 e. The van der Waals surface area contributed by atoms with Crippen molar-refractivity contribution in [1.82, 2.24) is 15.2 Å². The van der Waals surface area contributed by atoms with Crippen LogP contribution in [0.5, 0.6) is 0 Å². The number of unbranched alkanes of at least 4 members (excludes halogenated alkanes) is 1. The maximum Gasteiger partial charge on any atom is 0.253 e. The molecule has 0 unspecified atom stereocenters. The largest absolute Gasteiger partial charge is 0.349 e. The molecular weight excluding hydrogens is 338 g/mol. The summed E-state index contributed by atoms with van der Waals surface area (Å²) in [6.07, 6.45) is 13.4. The molecule has 1 saturated carbocycles. The molecule has 2 heterocycles. The topological polar surface area (TPSA) is 62.3 Å². The molecule has 5 nitrogen and oxygen atoms in total. The number of amides is 2. The number of likely N-dealkylation sites (tertiary alicyclic amines) is 1. The van der Waals surface area contributed by atoms with E-state index < -0.39 is 0 Å². The molecule has 0 bridgehead atoms. The number of pyridine rings is 1. The molecule has 1 saturated heterocycles. The SMILES string of the molecule is CCCCC1CCC(C(=O)N2CCC(NC(=O)c3cccnc3)CC2)CC1. The number of carbonyl (C=O) groups excluding carboxylic acids is 2. The van der Waals surface area contributed by atoms with Gasteiger partial charge in [0.25, 0.3) is 5.91 Å². The standard InChI is InChI=1S/C22H33N3O2/c1-2-3-5-17-7-9-18(10-8-17)22(27)25-14-11-20(12-15-25)24-21(26)19-6-4-13-23-16-19/h4,6,13,16-18,20H,2-3,5,7-12,14-15H2,1H3,(H,24,26). The van der Waals surface area contributed by atoms with E-state index >= 15 is 0 Å². The van der Waals surface area contributed by atoms with Gasteiger partial charge < -0.3 is 10.2 Å². The number of nitrogens with zero attached hydrogens (tertiary/aromatic N) is 2. The first kappa shape index (κ1) is 19.8. The second-order valence-electron chi connectivity index (χ2n) is 8.17. The zero-order chi connectivity index (χ0) is 19.1. The Labute approximate surface area is 162 Å². The molecule has 1 aliphatic carbocycles. The summed E-state index contributed by atoms with van der Waals surface area (Å²) in [4.78, 5) is 31.1. The molecule has 148 valence electrons. The van der Waals surface area contributed by atoms with Gasteiger partial charge in [-0.1, -0.05) is 26.2 Å². The fourth-order valence-corrected chi connectivity index (χ4v) is 4.46. The van der Waals surface area contributed by atoms with Gasteiger partial charge in [-0.25, -0.2) is 0 Å². The molecule has 0 spiro atoms. The van der Waals surface area contributed by atoms with Crippen molar-refractivity contribution >= 4 is 11.8 Å². The van der Waals surface area contributed by atoms with E-state index in [-0.39, 0.29) is 17.9 Å². The van der Waals surface area contributed by atoms with Crippen molar-refractivity contribution in [2.24, 2.45) is 11.8 Å². The predicted molar refractivity (Wildman–Crippen MR) is 106 cm³/mol. The minimum atomic E-state index is -0.0710. The lowest BCUT2D eigenvalue weighted by atomic mass is 9.79. The Kier molecular flexibility index (Phi) is 7.25. The first-order valence-corrected chi connectivity index (χ1v) is 10.7. The van der Waals surface area contributed by atoms with Crippen LogP contribution >= 0.6 is 0 Å². The van der Waals surface area contributed by atoms with E-state index in [9.17, 15) is 9.59 Å². The van der Waals surface area contributed by atoms with Crippen LogP contribution in [0.1, 0.15) is 75.1 Å². The van der Waals surface area contributed by atoms with Gasteiger partial charge in [0.1, 0.15) is 0 Å². The molecule has 1 N–H and O–H groups in total. The van der Waals surface area contributed by atoms with Crippen LogP contribution in [0.4, 0.5) is 0 Å². The normalized spacial score (nSPS) is 23.8. The van der Waals surface area contributed by atoms with Gasteiger partial charge >= 0.3 is 0 Å². The molecule has 2 amide bonds. The summed E-state index contributed by atoms with van der Waals surface area (Å²) in [5.41, 5.74) is 0.593. The molecule has 2 fully saturated rings. The number of aromatic nitrogens is 1. The Balaban J connectivity index is 1.40. The number of piperidine rings is 1. The van der Waals surface area contributed by atoms with Crippen molar-refractivity contribution in [3.05, 3.63) is 30.1 Å². The van der Waals surface area contributed by atoms with Gasteiger partial charge in [-0.2, -0.15) is 0 Å². The Morgan fingerprint density at radius 3 is 2.52 bits per heavy atom. The van der Waals surface area contributed by atoms with E-state index in [0.717, 1.165) is 44.7 Å². The van der Waals surface area contributed by atoms with Crippen LogP contribution in [0, 0.1) is 11.8 Å². The van der Waals surface area contributed by atoms with E-state index in [1.165, 1.54) is 32.1 Å². The zero-order valence-corrected chi connectivity index (χ0v) is 16.5. The van der Waals surface area contributed by atoms with E-state index in [0.29, 0.717) is 11.5 Å². The van der Waals surface area contributed by atoms with Crippen LogP contribution < -0.4 is 5.32 Å². The Morgan fingerprint density at radius 1 is 1.15 bits per heavy atom. The van der Waals surface area contributed by atoms with Gasteiger partial charge in [0.15, 0.2) is 0 Å². The Morgan fingerprint density at radius 2 is 1.89 bits per heavy atom. The monoisotopic (exact) mass is 371 g/mol. The van der Waals surface area contributed by atoms with Gasteiger partial charge in [0, 0.05) is 37.4 Å². The van der Waals surface area contributed by atoms with Crippen molar-refractivity contribution in [2.75, 3.05) is 13.1 Å². The van der Waals surface area contributed by atoms with Crippen molar-refractivity contribution < 1.29 is 9.59 Å². The third-order valence-electron chi connectivity index (χ3n) is 6.23. The Hall–Kier alpha value is -1.91. The van der Waals surface area contributed by atoms with Crippen LogP contribution in [-0.2, 0) is 4.79 Å². The van der Waals surface area contributed by atoms with Crippen LogP contribution in [-0.4, -0.2) is 40.8 Å². The predicted octanol–water partition coefficient (Wildman–Crippen LogP) is 3.80. The average Bonchev–Trinajstić information content (AvgIpc) is 2.73. The summed E-state index contributed by atoms with van der Waals surface area (Å²) in [6.45, 7) is 3.76. The maximum absolute atomic E-state index is 12.9. The number of nitrogens with one attached hydrogen (secondary N) is 1. The fraction of sp³-hybridized carbons (Fsp3) is 0.682. The number of hydrogen-bond acceptors (Lipinski definition) is 3. The summed E-state index contributed by atoms with van der Waals surface area (Å²) in [6, 6.07) is 3.69. The molecule has 0 aromatic carbocycles. The van der Waals surface area contributed by atoms with Crippen molar-refractivity contribution in [2.45, 2.75) is 70.8 Å². The lowest BCUT2D eigenvalue weighted by Crippen LogP contribution is -2.48. The second kappa shape index (κ2) is 9.86. The van der Waals surface area contributed by atoms with Gasteiger partial charge in [-0.3, -0.25) is 14.6 Å². The van der Waals surface area contributed by atoms with Crippen molar-refractivity contribution in [3.8, 4) is 0 Å². The quantitative estimate of drug-likeness (QED) is 0.827. The minimum absolute atomic E-state index is 0.0710. The van der Waals surface area contributed by atoms with Gasteiger partial charge in [-0.15, -0.1) is 0 Å². The van der Waals surface area contributed by atoms with Gasteiger partial charge in [0.05, 0.1) is 5.56 Å². The summed E-state index contributed by atoms with van der Waals surface area (Å²) in [7, 11) is 0. The summed E-state index contributed by atoms with van der Waals surface area (Å²) < 4.78 is 0. The third-order valence-corrected chi connectivity index (χ3v) is 6.23. The molecule has 1 aromatic rings. The Bertz CT molecular complexity index is 603. The fourth-order valence-electron chi connectivity index (χ4n) is 4.46. The van der Waals surface area contributed by atoms with Crippen molar-refractivity contribution in [1.29, 1.82) is 0 Å². The molecule has 1 aromatic heterocycles. The highest BCUT2D eigenvalue weighted by atomic mass is 16.2. The van der Waals surface area contributed by atoms with Gasteiger partial charge in [-0.05, 0) is 56.6 Å². The lowest BCUT2D eigenvalue weighted by molar-refractivity contribution is -0.138. The maximum atomic E-state index is 12.9. The molecule has 3 rings (SSSR count). The van der Waals surface area contributed by atoms with Gasteiger partial charge in [0.2, 0.25) is 5.91 Å². The highest BCUT2D eigenvalue weighted by molar-refractivity contribution is 5.94. The third kappa shape index (κ3) is 5.53. The van der Waals surface area contributed by atoms with Crippen LogP contribution in [0.15, 0.2) is 24.5 Å². The molecule has 0 radical (unpaired) electrons. The molecular formula is C22H33N3O2. The number of hydrogen-bond donors (Lipinski definition) is 1. The second-order valence-corrected chi connectivity index (χ2v) is 8.17. The highest BCUT2D eigenvalue weighted by Gasteiger charge is 2.31. The van der Waals surface area contributed by atoms with Crippen LogP contribution in [0.3, 0.4) is 0 Å². The van der Waals surface area contributed by atoms with E-state index in [4.69, 9.17) is 0 Å². The first-order valence-electron chi connectivity index (χ1n) is 10.7. The first-order chi connectivity index (χ1) is 13.2. The highest BCUT2D eigenvalue weighted by Crippen LogP contribution is 2.33. The summed E-state index contributed by atoms with van der Waals surface area (Å²) in [5, 5.41) is 3.08. The molecule has 5 heteroatoms. The summed E-state index contributed by atoms with van der Waals surface area (Å²) >= 11 is 0. The molecule has 27 heavy (non-hydrogen) atoms. The molecule has 1 aliphatic heterocycles. The van der Waals surface area contributed by atoms with Crippen LogP contribution in [0.25, 0.3) is 0 Å². The van der Waals surface area contributed by atoms with E-state index in [1.807, 2.05) is 4.90 Å². The zero-order valence-electron chi connectivity index (χ0n) is 16.5. The van der Waals surface area contributed by atoms with E-state index in [2.05, 4.69) is 17.2 Å². The molecule has 2 aliphatic rings. The number of rotatable bonds is 6. The van der Waals surface area contributed by atoms with Crippen LogP contribution in [0.2, 0.25) is 0 Å². The lowest BCUT2D eigenvalue weighted by Gasteiger charge is -2.36. The van der Waals surface area contributed by atoms with E-state index in [1.54, 1.807) is 24.5 Å². The van der Waals surface area contributed by atoms with Crippen molar-refractivity contribution in [3.63, 3.8) is 0 Å². The number of carbonyl (C=O) groups is 2. The molecule has 0 atom stereocenters. The average molecular weight is 372 g/mol. The summed E-state index contributed by atoms with van der Waals surface area (Å²) in [5.74, 6) is 1.34. The minimum Gasteiger partial charge on any atom is -0.349 e.